The van der Waals surface area contributed by atoms with E-state index in [0.29, 0.717) is 5.56 Å². The Morgan fingerprint density at radius 2 is 1.63 bits per heavy atom. The van der Waals surface area contributed by atoms with Crippen LogP contribution in [-0.2, 0) is 11.2 Å². The van der Waals surface area contributed by atoms with E-state index in [1.165, 1.54) is 0 Å². The van der Waals surface area contributed by atoms with E-state index in [4.69, 9.17) is 5.11 Å². The van der Waals surface area contributed by atoms with E-state index in [9.17, 15) is 26.7 Å². The zero-order chi connectivity index (χ0) is 14.7. The van der Waals surface area contributed by atoms with Gasteiger partial charge in [0.2, 0.25) is 0 Å². The number of alkyl halides is 5. The van der Waals surface area contributed by atoms with Crippen molar-refractivity contribution in [1.29, 1.82) is 0 Å². The third-order valence-corrected chi connectivity index (χ3v) is 2.53. The Bertz CT molecular complexity index is 427. The maximum atomic E-state index is 13.1. The number of benzene rings is 1. The van der Waals surface area contributed by atoms with Crippen molar-refractivity contribution in [3.63, 3.8) is 0 Å². The molecule has 0 bridgehead atoms. The molecule has 0 amide bonds. The summed E-state index contributed by atoms with van der Waals surface area (Å²) in [4.78, 5) is 10.5. The first-order valence-corrected chi connectivity index (χ1v) is 5.37. The van der Waals surface area contributed by atoms with E-state index in [-0.39, 0.29) is 6.42 Å². The quantitative estimate of drug-likeness (QED) is 0.843. The molecule has 1 atom stereocenters. The molecule has 0 aliphatic carbocycles. The third kappa shape index (κ3) is 3.99. The number of ketones is 1. The van der Waals surface area contributed by atoms with Crippen LogP contribution in [0, 0.1) is 0 Å². The van der Waals surface area contributed by atoms with E-state index in [1.54, 1.807) is 30.3 Å². The first-order valence-electron chi connectivity index (χ1n) is 5.37. The largest absolute Gasteiger partial charge is 0.456 e. The first kappa shape index (κ1) is 15.6. The molecule has 1 aromatic carbocycles. The molecule has 0 saturated carbocycles. The summed E-state index contributed by atoms with van der Waals surface area (Å²) in [5, 5.41) is 9.10. The van der Waals surface area contributed by atoms with Crippen molar-refractivity contribution >= 4 is 5.78 Å². The summed E-state index contributed by atoms with van der Waals surface area (Å²) in [6.07, 6.45) is -9.03. The molecule has 0 aliphatic heterocycles. The number of carbonyl (C=O) groups is 1. The van der Waals surface area contributed by atoms with Crippen molar-refractivity contribution in [2.45, 2.75) is 31.0 Å². The summed E-state index contributed by atoms with van der Waals surface area (Å²) < 4.78 is 62.0. The summed E-state index contributed by atoms with van der Waals surface area (Å²) in [5.41, 5.74) is 0.580. The zero-order valence-corrected chi connectivity index (χ0v) is 9.62. The number of hydrogen-bond donors (Lipinski definition) is 1. The highest BCUT2D eigenvalue weighted by atomic mass is 19.4. The number of hydrogen-bond acceptors (Lipinski definition) is 2. The lowest BCUT2D eigenvalue weighted by Gasteiger charge is -2.22. The summed E-state index contributed by atoms with van der Waals surface area (Å²) >= 11 is 0. The van der Waals surface area contributed by atoms with Crippen molar-refractivity contribution in [2.75, 3.05) is 0 Å². The van der Waals surface area contributed by atoms with Crippen molar-refractivity contribution in [3.8, 4) is 0 Å². The van der Waals surface area contributed by atoms with Crippen LogP contribution in [0.1, 0.15) is 12.0 Å². The van der Waals surface area contributed by atoms with Gasteiger partial charge in [0.05, 0.1) is 0 Å². The van der Waals surface area contributed by atoms with Crippen molar-refractivity contribution in [3.05, 3.63) is 35.9 Å². The van der Waals surface area contributed by atoms with Gasteiger partial charge in [0.15, 0.2) is 0 Å². The molecule has 0 fully saturated rings. The van der Waals surface area contributed by atoms with E-state index in [0.717, 1.165) is 0 Å². The minimum atomic E-state index is -5.67. The number of rotatable bonds is 5. The van der Waals surface area contributed by atoms with Crippen LogP contribution in [0.5, 0.6) is 0 Å². The molecular weight excluding hydrogens is 271 g/mol. The molecule has 0 aliphatic rings. The second-order valence-corrected chi connectivity index (χ2v) is 3.99. The third-order valence-electron chi connectivity index (χ3n) is 2.53. The molecule has 1 unspecified atom stereocenters. The smallest absolute Gasteiger partial charge is 0.386 e. The molecule has 1 aromatic rings. The Morgan fingerprint density at radius 3 is 2.11 bits per heavy atom. The normalized spacial score (nSPS) is 14.2. The van der Waals surface area contributed by atoms with Crippen LogP contribution in [0.3, 0.4) is 0 Å². The first-order chi connectivity index (χ1) is 8.65. The fourth-order valence-electron chi connectivity index (χ4n) is 1.47. The summed E-state index contributed by atoms with van der Waals surface area (Å²) in [6.45, 7) is 0. The average molecular weight is 282 g/mol. The van der Waals surface area contributed by atoms with Crippen LogP contribution in [0.25, 0.3) is 0 Å². The van der Waals surface area contributed by atoms with Gasteiger partial charge in [-0.05, 0) is 18.4 Å². The van der Waals surface area contributed by atoms with E-state index < -0.39 is 30.4 Å². The second-order valence-electron chi connectivity index (χ2n) is 3.99. The Morgan fingerprint density at radius 1 is 1.11 bits per heavy atom. The topological polar surface area (TPSA) is 37.3 Å². The van der Waals surface area contributed by atoms with Gasteiger partial charge < -0.3 is 5.11 Å². The highest BCUT2D eigenvalue weighted by Crippen LogP contribution is 2.31. The number of aryl methyl sites for hydroxylation is 1. The summed E-state index contributed by atoms with van der Waals surface area (Å²) in [6, 6.07) is 8.09. The fourth-order valence-corrected chi connectivity index (χ4v) is 1.47. The maximum Gasteiger partial charge on any atom is 0.456 e. The van der Waals surface area contributed by atoms with Crippen LogP contribution < -0.4 is 0 Å². The monoisotopic (exact) mass is 282 g/mol. The van der Waals surface area contributed by atoms with Gasteiger partial charge in [-0.25, -0.2) is 0 Å². The Kier molecular flexibility index (Phi) is 4.62. The van der Waals surface area contributed by atoms with Crippen LogP contribution >= 0.6 is 0 Å². The van der Waals surface area contributed by atoms with E-state index >= 15 is 0 Å². The SMILES string of the molecule is O=C(C(F)(F)F)C(F)(F)C(O)CCc1ccccc1. The molecule has 0 aromatic heterocycles. The highest BCUT2D eigenvalue weighted by molar-refractivity contribution is 5.91. The predicted molar refractivity (Wildman–Crippen MR) is 56.8 cm³/mol. The Hall–Kier alpha value is -1.50. The number of aliphatic hydroxyl groups is 1. The molecule has 2 nitrogen and oxygen atoms in total. The molecular formula is C12H11F5O2. The molecule has 19 heavy (non-hydrogen) atoms. The zero-order valence-electron chi connectivity index (χ0n) is 9.62. The summed E-state index contributed by atoms with van der Waals surface area (Å²) in [7, 11) is 0. The minimum absolute atomic E-state index is 0.0528. The minimum Gasteiger partial charge on any atom is -0.386 e. The van der Waals surface area contributed by atoms with Gasteiger partial charge in [-0.15, -0.1) is 0 Å². The lowest BCUT2D eigenvalue weighted by atomic mass is 10.00. The average Bonchev–Trinajstić information content (AvgIpc) is 2.35. The van der Waals surface area contributed by atoms with Gasteiger partial charge >= 0.3 is 17.9 Å². The molecule has 106 valence electrons. The Balaban J connectivity index is 2.67. The molecule has 0 radical (unpaired) electrons. The van der Waals surface area contributed by atoms with Crippen molar-refractivity contribution in [1.82, 2.24) is 0 Å². The number of carbonyl (C=O) groups excluding carboxylic acids is 1. The predicted octanol–water partition coefficient (Wildman–Crippen LogP) is 2.75. The van der Waals surface area contributed by atoms with Gasteiger partial charge in [-0.1, -0.05) is 30.3 Å². The number of aliphatic hydroxyl groups excluding tert-OH is 1. The fraction of sp³-hybridized carbons (Fsp3) is 0.417. The van der Waals surface area contributed by atoms with Gasteiger partial charge in [-0.3, -0.25) is 4.79 Å². The van der Waals surface area contributed by atoms with Crippen LogP contribution in [0.15, 0.2) is 30.3 Å². The lowest BCUT2D eigenvalue weighted by molar-refractivity contribution is -0.208. The highest BCUT2D eigenvalue weighted by Gasteiger charge is 2.58. The van der Waals surface area contributed by atoms with Crippen LogP contribution in [0.4, 0.5) is 22.0 Å². The van der Waals surface area contributed by atoms with Gasteiger partial charge in [0, 0.05) is 0 Å². The molecule has 7 heteroatoms. The summed E-state index contributed by atoms with van der Waals surface area (Å²) in [5.74, 6) is -8.05. The van der Waals surface area contributed by atoms with Gasteiger partial charge in [-0.2, -0.15) is 22.0 Å². The molecule has 1 N–H and O–H groups in total. The Labute approximate surface area is 105 Å². The van der Waals surface area contributed by atoms with E-state index in [1.807, 2.05) is 0 Å². The van der Waals surface area contributed by atoms with Crippen molar-refractivity contribution < 1.29 is 31.9 Å². The molecule has 0 saturated heterocycles. The van der Waals surface area contributed by atoms with Crippen LogP contribution in [0.2, 0.25) is 0 Å². The van der Waals surface area contributed by atoms with Crippen molar-refractivity contribution in [2.24, 2.45) is 0 Å². The van der Waals surface area contributed by atoms with E-state index in [2.05, 4.69) is 0 Å². The van der Waals surface area contributed by atoms with Gasteiger partial charge in [0.1, 0.15) is 6.10 Å². The second kappa shape index (κ2) is 5.64. The standard InChI is InChI=1S/C12H11F5O2/c13-11(14,10(19)12(15,16)17)9(18)7-6-8-4-2-1-3-5-8/h1-5,9,18H,6-7H2. The number of halogens is 5. The number of Topliss-reactive ketones (excluding diaryl/α,β-unsaturated/α-hetero) is 1. The lowest BCUT2D eigenvalue weighted by Crippen LogP contribution is -2.48. The van der Waals surface area contributed by atoms with Crippen LogP contribution in [-0.4, -0.2) is 29.1 Å². The van der Waals surface area contributed by atoms with Gasteiger partial charge in [0.25, 0.3) is 0 Å². The molecule has 0 spiro atoms. The molecule has 0 heterocycles. The maximum absolute atomic E-state index is 13.1. The molecule has 1 rings (SSSR count).